The van der Waals surface area contributed by atoms with Crippen LogP contribution in [-0.4, -0.2) is 18.2 Å². The van der Waals surface area contributed by atoms with Gasteiger partial charge in [0.2, 0.25) is 12.7 Å². The molecular weight excluding hydrogens is 302 g/mol. The molecule has 126 valence electrons. The number of carbonyl (C=O) groups is 1. The molecule has 1 atom stereocenters. The third-order valence-electron chi connectivity index (χ3n) is 3.90. The summed E-state index contributed by atoms with van der Waals surface area (Å²) in [7, 11) is 0. The first-order valence-electron chi connectivity index (χ1n) is 8.18. The fraction of sp³-hybridized carbons (Fsp3) is 0.350. The van der Waals surface area contributed by atoms with E-state index >= 15 is 0 Å². The van der Waals surface area contributed by atoms with Crippen LogP contribution in [0.2, 0.25) is 0 Å². The van der Waals surface area contributed by atoms with Crippen molar-refractivity contribution >= 4 is 5.91 Å². The summed E-state index contributed by atoms with van der Waals surface area (Å²) in [5.41, 5.74) is 1.92. The zero-order valence-corrected chi connectivity index (χ0v) is 14.3. The molecule has 1 heterocycles. The summed E-state index contributed by atoms with van der Waals surface area (Å²) in [5.74, 6) is 1.51. The van der Waals surface area contributed by atoms with Crippen molar-refractivity contribution in [2.75, 3.05) is 6.79 Å². The van der Waals surface area contributed by atoms with Crippen molar-refractivity contribution in [1.29, 1.82) is 0 Å². The molecule has 1 unspecified atom stereocenters. The molecule has 1 amide bonds. The minimum absolute atomic E-state index is 0.0250. The van der Waals surface area contributed by atoms with Crippen LogP contribution in [0, 0.1) is 0 Å². The molecule has 0 fully saturated rings. The molecule has 0 saturated heterocycles. The number of hydrogen-bond acceptors (Lipinski definition) is 3. The topological polar surface area (TPSA) is 47.6 Å². The number of fused-ring (bicyclic) bond motifs is 1. The molecule has 1 aliphatic heterocycles. The highest BCUT2D eigenvalue weighted by molar-refractivity contribution is 5.78. The maximum Gasteiger partial charge on any atom is 0.231 e. The van der Waals surface area contributed by atoms with E-state index in [1.165, 1.54) is 0 Å². The number of carbonyl (C=O) groups excluding carboxylic acids is 1. The Morgan fingerprint density at radius 1 is 1.04 bits per heavy atom. The van der Waals surface area contributed by atoms with Gasteiger partial charge < -0.3 is 14.8 Å². The van der Waals surface area contributed by atoms with Crippen LogP contribution >= 0.6 is 0 Å². The van der Waals surface area contributed by atoms with Crippen molar-refractivity contribution in [3.63, 3.8) is 0 Å². The van der Waals surface area contributed by atoms with Gasteiger partial charge in [-0.25, -0.2) is 0 Å². The van der Waals surface area contributed by atoms with Crippen LogP contribution in [0.3, 0.4) is 0 Å². The van der Waals surface area contributed by atoms with Crippen LogP contribution < -0.4 is 14.8 Å². The first-order valence-corrected chi connectivity index (χ1v) is 8.18. The Labute approximate surface area is 142 Å². The van der Waals surface area contributed by atoms with E-state index in [-0.39, 0.29) is 24.2 Å². The number of amides is 1. The second kappa shape index (κ2) is 6.56. The summed E-state index contributed by atoms with van der Waals surface area (Å²) >= 11 is 0. The SMILES string of the molecule is CC(C)(C)NC(=O)CC(c1ccccc1)c1ccc2c(c1)OCO2. The van der Waals surface area contributed by atoms with Crippen LogP contribution in [0.1, 0.15) is 44.2 Å². The molecule has 4 nitrogen and oxygen atoms in total. The Morgan fingerprint density at radius 2 is 1.75 bits per heavy atom. The molecule has 0 saturated carbocycles. The third-order valence-corrected chi connectivity index (χ3v) is 3.90. The van der Waals surface area contributed by atoms with Gasteiger partial charge in [0.15, 0.2) is 11.5 Å². The maximum absolute atomic E-state index is 12.5. The molecule has 4 heteroatoms. The lowest BCUT2D eigenvalue weighted by atomic mass is 9.87. The molecule has 3 rings (SSSR count). The molecular formula is C20H23NO3. The van der Waals surface area contributed by atoms with Gasteiger partial charge in [-0.15, -0.1) is 0 Å². The van der Waals surface area contributed by atoms with Gasteiger partial charge in [-0.05, 0) is 44.0 Å². The smallest absolute Gasteiger partial charge is 0.231 e. The number of rotatable bonds is 4. The van der Waals surface area contributed by atoms with Crippen molar-refractivity contribution in [2.24, 2.45) is 0 Å². The Morgan fingerprint density at radius 3 is 2.46 bits per heavy atom. The monoisotopic (exact) mass is 325 g/mol. The van der Waals surface area contributed by atoms with Crippen molar-refractivity contribution in [2.45, 2.75) is 38.6 Å². The Hall–Kier alpha value is -2.49. The predicted molar refractivity (Wildman–Crippen MR) is 93.4 cm³/mol. The normalized spacial score (nSPS) is 14.3. The van der Waals surface area contributed by atoms with Crippen molar-refractivity contribution in [3.8, 4) is 11.5 Å². The first kappa shape index (κ1) is 16.4. The summed E-state index contributed by atoms with van der Waals surface area (Å²) in [6, 6.07) is 16.0. The second-order valence-electron chi connectivity index (χ2n) is 7.08. The van der Waals surface area contributed by atoms with Gasteiger partial charge in [0, 0.05) is 17.9 Å². The molecule has 0 aromatic heterocycles. The van der Waals surface area contributed by atoms with Crippen molar-refractivity contribution in [3.05, 3.63) is 59.7 Å². The van der Waals surface area contributed by atoms with Crippen LogP contribution in [0.4, 0.5) is 0 Å². The summed E-state index contributed by atoms with van der Waals surface area (Å²) in [6.07, 6.45) is 0.390. The largest absolute Gasteiger partial charge is 0.454 e. The molecule has 0 spiro atoms. The highest BCUT2D eigenvalue weighted by Gasteiger charge is 2.23. The van der Waals surface area contributed by atoms with Crippen LogP contribution in [0.15, 0.2) is 48.5 Å². The number of nitrogens with one attached hydrogen (secondary N) is 1. The van der Waals surface area contributed by atoms with E-state index in [2.05, 4.69) is 17.4 Å². The Kier molecular flexibility index (Phi) is 4.47. The zero-order chi connectivity index (χ0) is 17.2. The fourth-order valence-corrected chi connectivity index (χ4v) is 2.90. The Balaban J connectivity index is 1.89. The third kappa shape index (κ3) is 3.88. The molecule has 0 bridgehead atoms. The first-order chi connectivity index (χ1) is 11.4. The van der Waals surface area contributed by atoms with E-state index < -0.39 is 0 Å². The van der Waals surface area contributed by atoms with Crippen molar-refractivity contribution in [1.82, 2.24) is 5.32 Å². The van der Waals surface area contributed by atoms with E-state index in [4.69, 9.17) is 9.47 Å². The summed E-state index contributed by atoms with van der Waals surface area (Å²) < 4.78 is 10.9. The molecule has 0 radical (unpaired) electrons. The van der Waals surface area contributed by atoms with Gasteiger partial charge in [-0.2, -0.15) is 0 Å². The molecule has 1 N–H and O–H groups in total. The van der Waals surface area contributed by atoms with Crippen molar-refractivity contribution < 1.29 is 14.3 Å². The second-order valence-corrected chi connectivity index (χ2v) is 7.08. The summed E-state index contributed by atoms with van der Waals surface area (Å²) in [4.78, 5) is 12.5. The minimum atomic E-state index is -0.243. The molecule has 2 aromatic rings. The number of hydrogen-bond donors (Lipinski definition) is 1. The molecule has 1 aliphatic rings. The van der Waals surface area contributed by atoms with Gasteiger partial charge >= 0.3 is 0 Å². The standard InChI is InChI=1S/C20H23NO3/c1-20(2,3)21-19(22)12-16(14-7-5-4-6-8-14)15-9-10-17-18(11-15)24-13-23-17/h4-11,16H,12-13H2,1-3H3,(H,21,22). The minimum Gasteiger partial charge on any atom is -0.454 e. The van der Waals surface area contributed by atoms with E-state index in [9.17, 15) is 4.79 Å². The molecule has 2 aromatic carbocycles. The fourth-order valence-electron chi connectivity index (χ4n) is 2.90. The van der Waals surface area contributed by atoms with Gasteiger partial charge in [0.25, 0.3) is 0 Å². The van der Waals surface area contributed by atoms with Gasteiger partial charge in [0.05, 0.1) is 0 Å². The average molecular weight is 325 g/mol. The predicted octanol–water partition coefficient (Wildman–Crippen LogP) is 3.85. The molecule has 24 heavy (non-hydrogen) atoms. The van der Waals surface area contributed by atoms with Crippen LogP contribution in [0.25, 0.3) is 0 Å². The van der Waals surface area contributed by atoms with Gasteiger partial charge in [-0.3, -0.25) is 4.79 Å². The number of benzene rings is 2. The average Bonchev–Trinajstić information content (AvgIpc) is 2.99. The zero-order valence-electron chi connectivity index (χ0n) is 14.3. The van der Waals surface area contributed by atoms with Gasteiger partial charge in [-0.1, -0.05) is 36.4 Å². The lowest BCUT2D eigenvalue weighted by Crippen LogP contribution is -2.41. The highest BCUT2D eigenvalue weighted by atomic mass is 16.7. The molecule has 0 aliphatic carbocycles. The van der Waals surface area contributed by atoms with E-state index in [0.29, 0.717) is 6.42 Å². The number of ether oxygens (including phenoxy) is 2. The van der Waals surface area contributed by atoms with E-state index in [1.807, 2.05) is 57.2 Å². The lowest BCUT2D eigenvalue weighted by Gasteiger charge is -2.24. The van der Waals surface area contributed by atoms with Crippen LogP contribution in [0.5, 0.6) is 11.5 Å². The maximum atomic E-state index is 12.5. The lowest BCUT2D eigenvalue weighted by molar-refractivity contribution is -0.122. The van der Waals surface area contributed by atoms with Crippen LogP contribution in [-0.2, 0) is 4.79 Å². The summed E-state index contributed by atoms with van der Waals surface area (Å²) in [6.45, 7) is 6.22. The highest BCUT2D eigenvalue weighted by Crippen LogP contribution is 2.37. The summed E-state index contributed by atoms with van der Waals surface area (Å²) in [5, 5.41) is 3.05. The Bertz CT molecular complexity index is 719. The van der Waals surface area contributed by atoms with E-state index in [0.717, 1.165) is 22.6 Å². The van der Waals surface area contributed by atoms with E-state index in [1.54, 1.807) is 0 Å². The van der Waals surface area contributed by atoms with Gasteiger partial charge in [0.1, 0.15) is 0 Å². The quantitative estimate of drug-likeness (QED) is 0.929.